The summed E-state index contributed by atoms with van der Waals surface area (Å²) in [6.45, 7) is 20.0. The second kappa shape index (κ2) is 15.2. The van der Waals surface area contributed by atoms with Crippen molar-refractivity contribution in [2.75, 3.05) is 24.7 Å². The van der Waals surface area contributed by atoms with Crippen LogP contribution in [0.1, 0.15) is 143 Å². The molecule has 7 aliphatic rings. The average Bonchev–Trinajstić information content (AvgIpc) is 3.59. The molecule has 0 aromatic heterocycles. The van der Waals surface area contributed by atoms with Crippen molar-refractivity contribution in [2.45, 2.75) is 156 Å². The first kappa shape index (κ1) is 43.4. The van der Waals surface area contributed by atoms with E-state index in [0.29, 0.717) is 68.1 Å². The molecule has 6 nitrogen and oxygen atoms in total. The minimum absolute atomic E-state index is 0.0316. The Hall–Kier alpha value is -2.29. The van der Waals surface area contributed by atoms with Crippen LogP contribution in [-0.2, 0) is 26.0 Å². The number of halogens is 1. The highest BCUT2D eigenvalue weighted by molar-refractivity contribution is 7.91. The molecule has 0 radical (unpaired) electrons. The number of sulfone groups is 1. The zero-order valence-electron chi connectivity index (χ0n) is 37.1. The fourth-order valence-corrected chi connectivity index (χ4v) is 17.3. The Kier molecular flexibility index (Phi) is 11.2. The van der Waals surface area contributed by atoms with E-state index in [9.17, 15) is 22.7 Å². The van der Waals surface area contributed by atoms with Crippen LogP contribution < -0.4 is 5.32 Å². The molecule has 2 N–H and O–H groups in total. The van der Waals surface area contributed by atoms with E-state index in [1.54, 1.807) is 0 Å². The average molecular weight is 832 g/mol. The van der Waals surface area contributed by atoms with Crippen LogP contribution in [-0.4, -0.2) is 55.4 Å². The van der Waals surface area contributed by atoms with Gasteiger partial charge in [0.1, 0.15) is 13.3 Å². The Morgan fingerprint density at radius 2 is 1.61 bits per heavy atom. The predicted molar refractivity (Wildman–Crippen MR) is 235 cm³/mol. The zero-order valence-corrected chi connectivity index (χ0v) is 38.0. The fraction of sp³-hybridized carbons (Fsp3) is 0.745. The first-order valence-corrected chi connectivity index (χ1v) is 25.1. The molecule has 1 aliphatic heterocycles. The van der Waals surface area contributed by atoms with Gasteiger partial charge in [-0.15, -0.1) is 0 Å². The predicted octanol–water partition coefficient (Wildman–Crippen LogP) is 10.7. The van der Waals surface area contributed by atoms with Gasteiger partial charge in [-0.25, -0.2) is 12.8 Å². The maximum Gasteiger partial charge on any atom is 0.315 e. The standard InChI is InChI=1S/C51H74FNO5S/c1-35(2)38-17-24-51(53-30-27-50(55)28-31-59(56,57)32-29-50)26-25-47(6)40(43(38)51)13-14-42-46(5)20-18-39(45(3,4)41(46)19-21-48(42,47)7)37-15-22-49(34-52,23-16-37)44(54)58-33-36-11-9-8-10-12-36/h8-12,15,18,38,40-43,53,55H,1,13-14,16-17,19-34H2,2-7H3. The fourth-order valence-electron chi connectivity index (χ4n) is 15.7. The number of hydrogen-bond donors (Lipinski definition) is 2. The van der Waals surface area contributed by atoms with Crippen molar-refractivity contribution in [1.29, 1.82) is 0 Å². The molecule has 1 heterocycles. The summed E-state index contributed by atoms with van der Waals surface area (Å²) in [5.41, 5.74) is 3.56. The van der Waals surface area contributed by atoms with Crippen LogP contribution in [0.4, 0.5) is 4.39 Å². The molecule has 10 unspecified atom stereocenters. The maximum absolute atomic E-state index is 14.8. The van der Waals surface area contributed by atoms with Gasteiger partial charge in [0, 0.05) is 5.54 Å². The molecule has 4 saturated carbocycles. The molecule has 0 bridgehead atoms. The molecular weight excluding hydrogens is 758 g/mol. The van der Waals surface area contributed by atoms with E-state index in [4.69, 9.17) is 4.74 Å². The van der Waals surface area contributed by atoms with Crippen LogP contribution >= 0.6 is 0 Å². The quantitative estimate of drug-likeness (QED) is 0.180. The van der Waals surface area contributed by atoms with Crippen LogP contribution in [0.25, 0.3) is 0 Å². The van der Waals surface area contributed by atoms with Gasteiger partial charge in [0.25, 0.3) is 0 Å². The molecule has 59 heavy (non-hydrogen) atoms. The van der Waals surface area contributed by atoms with E-state index in [1.807, 2.05) is 30.3 Å². The number of rotatable bonds is 10. The summed E-state index contributed by atoms with van der Waals surface area (Å²) in [6, 6.07) is 9.64. The number of nitrogens with one attached hydrogen (secondary N) is 1. The van der Waals surface area contributed by atoms with Crippen molar-refractivity contribution in [2.24, 2.45) is 56.7 Å². The van der Waals surface area contributed by atoms with Gasteiger partial charge < -0.3 is 15.2 Å². The lowest BCUT2D eigenvalue weighted by Gasteiger charge is -2.72. The molecule has 1 aromatic carbocycles. The van der Waals surface area contributed by atoms with Crippen molar-refractivity contribution >= 4 is 15.8 Å². The molecule has 1 saturated heterocycles. The van der Waals surface area contributed by atoms with Crippen molar-refractivity contribution in [3.05, 3.63) is 71.3 Å². The van der Waals surface area contributed by atoms with Crippen molar-refractivity contribution in [1.82, 2.24) is 5.32 Å². The van der Waals surface area contributed by atoms with E-state index < -0.39 is 33.5 Å². The first-order chi connectivity index (χ1) is 27.8. The molecule has 10 atom stereocenters. The number of fused-ring (bicyclic) bond motifs is 7. The van der Waals surface area contributed by atoms with Gasteiger partial charge in [0.2, 0.25) is 0 Å². The van der Waals surface area contributed by atoms with E-state index >= 15 is 0 Å². The zero-order chi connectivity index (χ0) is 42.3. The van der Waals surface area contributed by atoms with Gasteiger partial charge in [-0.2, -0.15) is 0 Å². The van der Waals surface area contributed by atoms with Crippen LogP contribution in [0, 0.1) is 56.7 Å². The Morgan fingerprint density at radius 1 is 0.881 bits per heavy atom. The smallest absolute Gasteiger partial charge is 0.315 e. The SMILES string of the molecule is C=C(C)C1CCC2(NCCC3(O)CCS(=O)(=O)CC3)CCC3(C)C(CCC4C5(C)CC=C(C6=CCC(CF)(C(=O)OCc7ccccc7)CC6)C(C)(C)C5CCC43C)C12. The van der Waals surface area contributed by atoms with Crippen molar-refractivity contribution < 1.29 is 27.4 Å². The number of ether oxygens (including phenoxy) is 1. The van der Waals surface area contributed by atoms with Gasteiger partial charge in [-0.1, -0.05) is 89.3 Å². The molecule has 1 aromatic rings. The molecule has 0 amide bonds. The Bertz CT molecular complexity index is 1960. The molecule has 0 spiro atoms. The second-order valence-electron chi connectivity index (χ2n) is 22.3. The highest BCUT2D eigenvalue weighted by Gasteiger charge is 2.70. The molecule has 5 fully saturated rings. The van der Waals surface area contributed by atoms with Crippen molar-refractivity contribution in [3.8, 4) is 0 Å². The molecular formula is C51H74FNO5S. The van der Waals surface area contributed by atoms with E-state index in [1.165, 1.54) is 55.2 Å². The molecule has 8 heteroatoms. The van der Waals surface area contributed by atoms with E-state index in [-0.39, 0.29) is 45.3 Å². The maximum atomic E-state index is 14.8. The van der Waals surface area contributed by atoms with Gasteiger partial charge in [-0.3, -0.25) is 4.79 Å². The monoisotopic (exact) mass is 832 g/mol. The van der Waals surface area contributed by atoms with E-state index in [2.05, 4.69) is 65.6 Å². The summed E-state index contributed by atoms with van der Waals surface area (Å²) in [5, 5.41) is 15.5. The third kappa shape index (κ3) is 7.08. The van der Waals surface area contributed by atoms with Gasteiger partial charge in [0.05, 0.1) is 22.5 Å². The van der Waals surface area contributed by atoms with Crippen LogP contribution in [0.5, 0.6) is 0 Å². The Morgan fingerprint density at radius 3 is 2.27 bits per heavy atom. The summed E-state index contributed by atoms with van der Waals surface area (Å²) < 4.78 is 44.8. The molecule has 6 aliphatic carbocycles. The number of alkyl halides is 1. The highest BCUT2D eigenvalue weighted by atomic mass is 32.2. The Labute approximate surface area is 355 Å². The van der Waals surface area contributed by atoms with Crippen LogP contribution in [0.2, 0.25) is 0 Å². The van der Waals surface area contributed by atoms with E-state index in [0.717, 1.165) is 31.4 Å². The minimum Gasteiger partial charge on any atom is -0.460 e. The second-order valence-corrected chi connectivity index (χ2v) is 24.7. The first-order valence-electron chi connectivity index (χ1n) is 23.3. The summed E-state index contributed by atoms with van der Waals surface area (Å²) in [6.07, 6.45) is 18.3. The number of aliphatic hydroxyl groups is 1. The van der Waals surface area contributed by atoms with Gasteiger partial charge in [0.15, 0.2) is 9.84 Å². The third-order valence-electron chi connectivity index (χ3n) is 19.3. The summed E-state index contributed by atoms with van der Waals surface area (Å²) in [4.78, 5) is 13.4. The van der Waals surface area contributed by atoms with Gasteiger partial charge >= 0.3 is 5.97 Å². The van der Waals surface area contributed by atoms with Crippen LogP contribution in [0.3, 0.4) is 0 Å². The lowest BCUT2D eigenvalue weighted by Crippen LogP contribution is -2.68. The third-order valence-corrected chi connectivity index (χ3v) is 21.0. The topological polar surface area (TPSA) is 92.7 Å². The summed E-state index contributed by atoms with van der Waals surface area (Å²) in [7, 11) is -3.03. The van der Waals surface area contributed by atoms with Crippen LogP contribution in [0.15, 0.2) is 65.8 Å². The number of benzene rings is 1. The molecule has 326 valence electrons. The lowest BCUT2D eigenvalue weighted by molar-refractivity contribution is -0.221. The normalized spacial score (nSPS) is 41.9. The summed E-state index contributed by atoms with van der Waals surface area (Å²) in [5.74, 6) is 2.54. The van der Waals surface area contributed by atoms with Gasteiger partial charge in [-0.05, 0) is 178 Å². The van der Waals surface area contributed by atoms with Crippen molar-refractivity contribution in [3.63, 3.8) is 0 Å². The number of allylic oxidation sites excluding steroid dienone is 5. The number of hydrogen-bond acceptors (Lipinski definition) is 6. The minimum atomic E-state index is -3.03. The molecule has 8 rings (SSSR count). The number of carbonyl (C=O) groups excluding carboxylic acids is 1. The number of carbonyl (C=O) groups is 1. The summed E-state index contributed by atoms with van der Waals surface area (Å²) >= 11 is 0. The Balaban J connectivity index is 1.000. The largest absolute Gasteiger partial charge is 0.460 e. The highest BCUT2D eigenvalue weighted by Crippen LogP contribution is 2.76. The lowest BCUT2D eigenvalue weighted by atomic mass is 9.33. The number of esters is 1.